The third-order valence-electron chi connectivity index (χ3n) is 2.16. The maximum Gasteiger partial charge on any atom is 0.335 e. The number of oxime groups is 1. The Hall–Kier alpha value is -0.480. The van der Waals surface area contributed by atoms with Gasteiger partial charge >= 0.3 is 5.97 Å². The second kappa shape index (κ2) is 8.64. The van der Waals surface area contributed by atoms with E-state index in [0.29, 0.717) is 6.42 Å². The van der Waals surface area contributed by atoms with Gasteiger partial charge < -0.3 is 4.84 Å². The van der Waals surface area contributed by atoms with Crippen molar-refractivity contribution in [3.63, 3.8) is 0 Å². The summed E-state index contributed by atoms with van der Waals surface area (Å²) in [6.07, 6.45) is 0.742. The van der Waals surface area contributed by atoms with Crippen molar-refractivity contribution < 1.29 is 9.63 Å². The molecule has 0 aliphatic carbocycles. The first-order valence-corrected chi connectivity index (χ1v) is 7.13. The van der Waals surface area contributed by atoms with Gasteiger partial charge in [0, 0.05) is 0 Å². The van der Waals surface area contributed by atoms with Crippen LogP contribution in [-0.4, -0.2) is 21.4 Å². The fraction of sp³-hybridized carbons (Fsp3) is 0.333. The van der Waals surface area contributed by atoms with E-state index in [1.807, 2.05) is 30.3 Å². The van der Waals surface area contributed by atoms with Crippen molar-refractivity contribution >= 4 is 58.1 Å². The Labute approximate surface area is 131 Å². The SMILES string of the molecule is O=C(CCc1ccccc1)ON=C(C(Cl)Cl)C(Cl)Cl. The van der Waals surface area contributed by atoms with Crippen LogP contribution in [0.1, 0.15) is 12.0 Å². The molecular formula is C12H11Cl4NO2. The fourth-order valence-electron chi connectivity index (χ4n) is 1.22. The molecule has 7 heteroatoms. The van der Waals surface area contributed by atoms with Crippen LogP contribution in [-0.2, 0) is 16.1 Å². The average molecular weight is 343 g/mol. The van der Waals surface area contributed by atoms with Crippen molar-refractivity contribution in [1.82, 2.24) is 0 Å². The van der Waals surface area contributed by atoms with E-state index in [4.69, 9.17) is 46.4 Å². The van der Waals surface area contributed by atoms with Gasteiger partial charge in [-0.25, -0.2) is 4.79 Å². The Bertz CT molecular complexity index is 425. The van der Waals surface area contributed by atoms with Gasteiger partial charge in [0.05, 0.1) is 6.42 Å². The summed E-state index contributed by atoms with van der Waals surface area (Å²) in [6.45, 7) is 0. The molecule has 0 heterocycles. The van der Waals surface area contributed by atoms with Crippen molar-refractivity contribution in [1.29, 1.82) is 0 Å². The van der Waals surface area contributed by atoms with E-state index in [2.05, 4.69) is 9.99 Å². The van der Waals surface area contributed by atoms with Gasteiger partial charge in [-0.15, -0.1) is 0 Å². The third-order valence-corrected chi connectivity index (χ3v) is 3.05. The molecule has 0 saturated heterocycles. The lowest BCUT2D eigenvalue weighted by Crippen LogP contribution is -2.18. The zero-order valence-electron chi connectivity index (χ0n) is 9.73. The number of alkyl halides is 4. The predicted molar refractivity (Wildman–Crippen MR) is 79.3 cm³/mol. The zero-order valence-corrected chi connectivity index (χ0v) is 12.8. The van der Waals surface area contributed by atoms with E-state index in [0.717, 1.165) is 5.56 Å². The number of nitrogens with zero attached hydrogens (tertiary/aromatic N) is 1. The monoisotopic (exact) mass is 341 g/mol. The molecule has 0 unspecified atom stereocenters. The highest BCUT2D eigenvalue weighted by molar-refractivity contribution is 6.64. The minimum absolute atomic E-state index is 0.0141. The van der Waals surface area contributed by atoms with Crippen LogP contribution in [0.2, 0.25) is 0 Å². The van der Waals surface area contributed by atoms with Gasteiger partial charge in [-0.1, -0.05) is 81.9 Å². The molecule has 0 atom stereocenters. The molecule has 0 spiro atoms. The molecule has 1 rings (SSSR count). The second-order valence-corrected chi connectivity index (χ2v) is 5.76. The molecule has 19 heavy (non-hydrogen) atoms. The maximum absolute atomic E-state index is 11.5. The summed E-state index contributed by atoms with van der Waals surface area (Å²) < 4.78 is 0. The normalized spacial score (nSPS) is 10.6. The molecule has 3 nitrogen and oxygen atoms in total. The second-order valence-electron chi connectivity index (χ2n) is 3.57. The molecule has 0 aliphatic rings. The van der Waals surface area contributed by atoms with E-state index in [-0.39, 0.29) is 12.1 Å². The molecule has 0 amide bonds. The largest absolute Gasteiger partial charge is 0.335 e. The molecular weight excluding hydrogens is 332 g/mol. The first-order chi connectivity index (χ1) is 9.00. The molecule has 1 aromatic carbocycles. The molecule has 0 aromatic heterocycles. The van der Waals surface area contributed by atoms with Crippen LogP contribution >= 0.6 is 46.4 Å². The number of rotatable bonds is 6. The Kier molecular flexibility index (Phi) is 7.54. The van der Waals surface area contributed by atoms with Gasteiger partial charge in [-0.05, 0) is 12.0 Å². The molecule has 0 bridgehead atoms. The first-order valence-electron chi connectivity index (χ1n) is 5.38. The van der Waals surface area contributed by atoms with Crippen LogP contribution < -0.4 is 0 Å². The summed E-state index contributed by atoms with van der Waals surface area (Å²) in [6, 6.07) is 9.54. The number of carbonyl (C=O) groups excluding carboxylic acids is 1. The first kappa shape index (κ1) is 16.6. The van der Waals surface area contributed by atoms with Gasteiger partial charge in [0.2, 0.25) is 0 Å². The summed E-state index contributed by atoms with van der Waals surface area (Å²) in [7, 11) is 0. The zero-order chi connectivity index (χ0) is 14.3. The Balaban J connectivity index is 2.45. The fourth-order valence-corrected chi connectivity index (χ4v) is 2.14. The van der Waals surface area contributed by atoms with Crippen molar-refractivity contribution in [3.05, 3.63) is 35.9 Å². The minimum atomic E-state index is -1.03. The van der Waals surface area contributed by atoms with Crippen molar-refractivity contribution in [3.8, 4) is 0 Å². The van der Waals surface area contributed by atoms with E-state index in [1.165, 1.54) is 0 Å². The van der Waals surface area contributed by atoms with Crippen molar-refractivity contribution in [2.75, 3.05) is 0 Å². The molecule has 1 aromatic rings. The van der Waals surface area contributed by atoms with E-state index < -0.39 is 15.6 Å². The van der Waals surface area contributed by atoms with Crippen LogP contribution in [0, 0.1) is 0 Å². The van der Waals surface area contributed by atoms with E-state index in [1.54, 1.807) is 0 Å². The van der Waals surface area contributed by atoms with E-state index >= 15 is 0 Å². The van der Waals surface area contributed by atoms with Gasteiger partial charge in [0.15, 0.2) is 9.67 Å². The van der Waals surface area contributed by atoms with Crippen LogP contribution in [0.4, 0.5) is 0 Å². The predicted octanol–water partition coefficient (Wildman–Crippen LogP) is 4.13. The summed E-state index contributed by atoms with van der Waals surface area (Å²) >= 11 is 22.3. The van der Waals surface area contributed by atoms with Gasteiger partial charge in [-0.2, -0.15) is 0 Å². The topological polar surface area (TPSA) is 38.7 Å². The lowest BCUT2D eigenvalue weighted by Gasteiger charge is -2.06. The van der Waals surface area contributed by atoms with Crippen LogP contribution in [0.15, 0.2) is 35.5 Å². The summed E-state index contributed by atoms with van der Waals surface area (Å²) in [4.78, 5) is 14.1. The van der Waals surface area contributed by atoms with Crippen LogP contribution in [0.5, 0.6) is 0 Å². The maximum atomic E-state index is 11.5. The third kappa shape index (κ3) is 6.48. The Morgan fingerprint density at radius 1 is 1.11 bits per heavy atom. The smallest absolute Gasteiger partial charge is 0.318 e. The summed E-state index contributed by atoms with van der Waals surface area (Å²) in [5, 5.41) is 3.47. The molecule has 0 saturated carbocycles. The number of hydrogen-bond donors (Lipinski definition) is 0. The molecule has 104 valence electrons. The lowest BCUT2D eigenvalue weighted by molar-refractivity contribution is -0.143. The van der Waals surface area contributed by atoms with Crippen LogP contribution in [0.3, 0.4) is 0 Å². The van der Waals surface area contributed by atoms with Gasteiger partial charge in [0.1, 0.15) is 5.71 Å². The Morgan fingerprint density at radius 3 is 2.21 bits per heavy atom. The minimum Gasteiger partial charge on any atom is -0.318 e. The summed E-state index contributed by atoms with van der Waals surface area (Å²) in [5.41, 5.74) is 1.02. The number of aryl methyl sites for hydroxylation is 1. The number of benzene rings is 1. The quantitative estimate of drug-likeness (QED) is 0.337. The highest BCUT2D eigenvalue weighted by atomic mass is 35.5. The highest BCUT2D eigenvalue weighted by Gasteiger charge is 2.19. The summed E-state index contributed by atoms with van der Waals surface area (Å²) in [5.74, 6) is -0.510. The molecule has 0 N–H and O–H groups in total. The van der Waals surface area contributed by atoms with Gasteiger partial charge in [-0.3, -0.25) is 0 Å². The Morgan fingerprint density at radius 2 is 1.68 bits per heavy atom. The van der Waals surface area contributed by atoms with Crippen molar-refractivity contribution in [2.45, 2.75) is 22.5 Å². The standard InChI is InChI=1S/C12H11Cl4NO2/c13-11(14)10(12(15)16)17-19-9(18)7-6-8-4-2-1-3-5-8/h1-5,11-12H,6-7H2. The lowest BCUT2D eigenvalue weighted by atomic mass is 10.1. The number of hydrogen-bond acceptors (Lipinski definition) is 3. The number of halogens is 4. The van der Waals surface area contributed by atoms with Crippen LogP contribution in [0.25, 0.3) is 0 Å². The van der Waals surface area contributed by atoms with E-state index in [9.17, 15) is 4.79 Å². The average Bonchev–Trinajstić information content (AvgIpc) is 2.37. The molecule has 0 fully saturated rings. The molecule has 0 radical (unpaired) electrons. The van der Waals surface area contributed by atoms with Crippen molar-refractivity contribution in [2.24, 2.45) is 5.16 Å². The molecule has 0 aliphatic heterocycles. The number of carbonyl (C=O) groups is 1. The van der Waals surface area contributed by atoms with Gasteiger partial charge in [0.25, 0.3) is 0 Å². The highest BCUT2D eigenvalue weighted by Crippen LogP contribution is 2.16.